The van der Waals surface area contributed by atoms with Crippen molar-refractivity contribution in [3.8, 4) is 11.5 Å². The minimum absolute atomic E-state index is 0.213. The van der Waals surface area contributed by atoms with Crippen LogP contribution in [0.2, 0.25) is 0 Å². The Morgan fingerprint density at radius 3 is 2.07 bits per heavy atom. The van der Waals surface area contributed by atoms with Crippen LogP contribution in [0.15, 0.2) is 48.5 Å². The van der Waals surface area contributed by atoms with Crippen LogP contribution in [0.4, 0.5) is 5.69 Å². The number of ether oxygens (including phenoxy) is 3. The van der Waals surface area contributed by atoms with E-state index in [-0.39, 0.29) is 12.3 Å². The summed E-state index contributed by atoms with van der Waals surface area (Å²) in [7, 11) is -2.94. The van der Waals surface area contributed by atoms with Crippen LogP contribution >= 0.6 is 0 Å². The molecule has 0 aliphatic heterocycles. The largest absolute Gasteiger partial charge is 0.493 e. The molecule has 0 aromatic heterocycles. The molecule has 0 saturated carbocycles. The van der Waals surface area contributed by atoms with Crippen molar-refractivity contribution >= 4 is 21.4 Å². The zero-order valence-corrected chi connectivity index (χ0v) is 18.1. The number of carbonyl (C=O) groups is 1. The van der Waals surface area contributed by atoms with Crippen LogP contribution in [0.5, 0.6) is 11.5 Å². The fourth-order valence-corrected chi connectivity index (χ4v) is 4.12. The van der Waals surface area contributed by atoms with E-state index in [1.54, 1.807) is 62.4 Å². The molecule has 1 atom stereocenters. The fourth-order valence-electron chi connectivity index (χ4n) is 2.84. The third-order valence-corrected chi connectivity index (χ3v) is 5.75. The molecule has 0 spiro atoms. The number of carbonyl (C=O) groups excluding carboxylic acids is 1. The molecule has 30 heavy (non-hydrogen) atoms. The molecule has 1 unspecified atom stereocenters. The van der Waals surface area contributed by atoms with Gasteiger partial charge in [-0.25, -0.2) is 8.42 Å². The minimum atomic E-state index is -4.32. The highest BCUT2D eigenvalue weighted by molar-refractivity contribution is 7.91. The van der Waals surface area contributed by atoms with Gasteiger partial charge in [0.15, 0.2) is 9.84 Å². The SMILES string of the molecule is CCOc1cccc(OCC)c1CS(=O)(=O)C(O)C(=O)N(COC)c1ccccc1. The van der Waals surface area contributed by atoms with Gasteiger partial charge in [0.2, 0.25) is 5.44 Å². The molecule has 9 heteroatoms. The summed E-state index contributed by atoms with van der Waals surface area (Å²) in [6, 6.07) is 13.3. The molecule has 2 rings (SSSR count). The van der Waals surface area contributed by atoms with Gasteiger partial charge < -0.3 is 19.3 Å². The van der Waals surface area contributed by atoms with Crippen molar-refractivity contribution in [1.82, 2.24) is 0 Å². The molecule has 0 saturated heterocycles. The van der Waals surface area contributed by atoms with Crippen molar-refractivity contribution < 1.29 is 32.5 Å². The average molecular weight is 438 g/mol. The average Bonchev–Trinajstić information content (AvgIpc) is 2.74. The van der Waals surface area contributed by atoms with Crippen molar-refractivity contribution in [2.75, 3.05) is 32.0 Å². The quantitative estimate of drug-likeness (QED) is 0.538. The Hall–Kier alpha value is -2.62. The molecule has 8 nitrogen and oxygen atoms in total. The van der Waals surface area contributed by atoms with Gasteiger partial charge in [-0.05, 0) is 38.1 Å². The lowest BCUT2D eigenvalue weighted by atomic mass is 10.2. The number of hydrogen-bond donors (Lipinski definition) is 1. The molecular formula is C21H27NO7S. The standard InChI is InChI=1S/C21H27NO7S/c1-4-28-18-12-9-13-19(29-5-2)17(18)14-30(25,26)21(24)20(23)22(15-27-3)16-10-7-6-8-11-16/h6-13,21,24H,4-5,14-15H2,1-3H3. The fraction of sp³-hybridized carbons (Fsp3) is 0.381. The first-order valence-electron chi connectivity index (χ1n) is 9.48. The number of sulfone groups is 1. The van der Waals surface area contributed by atoms with Crippen LogP contribution in [0.25, 0.3) is 0 Å². The number of hydrogen-bond acceptors (Lipinski definition) is 7. The van der Waals surface area contributed by atoms with Gasteiger partial charge in [-0.2, -0.15) is 0 Å². The summed E-state index contributed by atoms with van der Waals surface area (Å²) in [5, 5.41) is 10.5. The maximum Gasteiger partial charge on any atom is 0.273 e. The molecule has 0 radical (unpaired) electrons. The number of aliphatic hydroxyl groups is 1. The summed E-state index contributed by atoms with van der Waals surface area (Å²) in [6.45, 7) is 3.97. The van der Waals surface area contributed by atoms with E-state index < -0.39 is 26.9 Å². The van der Waals surface area contributed by atoms with Gasteiger partial charge in [0.05, 0.1) is 24.5 Å². The first-order chi connectivity index (χ1) is 14.4. The van der Waals surface area contributed by atoms with Crippen molar-refractivity contribution in [2.24, 2.45) is 0 Å². The first kappa shape index (κ1) is 23.7. The first-order valence-corrected chi connectivity index (χ1v) is 11.2. The summed E-state index contributed by atoms with van der Waals surface area (Å²) in [5.41, 5.74) is -1.62. The van der Waals surface area contributed by atoms with E-state index in [2.05, 4.69) is 0 Å². The van der Waals surface area contributed by atoms with E-state index in [1.165, 1.54) is 7.11 Å². The lowest BCUT2D eigenvalue weighted by molar-refractivity contribution is -0.124. The maximum atomic E-state index is 12.9. The molecule has 164 valence electrons. The second-order valence-corrected chi connectivity index (χ2v) is 8.34. The van der Waals surface area contributed by atoms with Gasteiger partial charge in [-0.1, -0.05) is 24.3 Å². The number of aliphatic hydroxyl groups excluding tert-OH is 1. The Morgan fingerprint density at radius 1 is 1.00 bits per heavy atom. The zero-order valence-electron chi connectivity index (χ0n) is 17.3. The maximum absolute atomic E-state index is 12.9. The summed E-state index contributed by atoms with van der Waals surface area (Å²) in [6.07, 6.45) is 0. The lowest BCUT2D eigenvalue weighted by Gasteiger charge is -2.24. The lowest BCUT2D eigenvalue weighted by Crippen LogP contribution is -2.44. The molecule has 1 amide bonds. The highest BCUT2D eigenvalue weighted by atomic mass is 32.2. The molecule has 0 bridgehead atoms. The number of benzene rings is 2. The topological polar surface area (TPSA) is 102 Å². The smallest absolute Gasteiger partial charge is 0.273 e. The highest BCUT2D eigenvalue weighted by Crippen LogP contribution is 2.32. The van der Waals surface area contributed by atoms with Crippen LogP contribution in [-0.2, 0) is 25.1 Å². The van der Waals surface area contributed by atoms with Crippen LogP contribution in [-0.4, -0.2) is 51.9 Å². The van der Waals surface area contributed by atoms with Crippen molar-refractivity contribution in [2.45, 2.75) is 25.0 Å². The van der Waals surface area contributed by atoms with Gasteiger partial charge in [0.1, 0.15) is 18.2 Å². The zero-order chi connectivity index (χ0) is 22.1. The summed E-state index contributed by atoms with van der Waals surface area (Å²) in [4.78, 5) is 13.9. The van der Waals surface area contributed by atoms with Crippen molar-refractivity contribution in [3.63, 3.8) is 0 Å². The number of anilines is 1. The molecular weight excluding hydrogens is 410 g/mol. The van der Waals surface area contributed by atoms with Crippen LogP contribution < -0.4 is 14.4 Å². The van der Waals surface area contributed by atoms with E-state index in [0.29, 0.717) is 30.4 Å². The van der Waals surface area contributed by atoms with Crippen molar-refractivity contribution in [3.05, 3.63) is 54.1 Å². The molecule has 0 aliphatic carbocycles. The second-order valence-electron chi connectivity index (χ2n) is 6.28. The summed E-state index contributed by atoms with van der Waals surface area (Å²) >= 11 is 0. The van der Waals surface area contributed by atoms with Crippen LogP contribution in [0, 0.1) is 0 Å². The molecule has 2 aromatic rings. The van der Waals surface area contributed by atoms with E-state index in [0.717, 1.165) is 4.90 Å². The molecule has 0 heterocycles. The molecule has 0 aliphatic rings. The van der Waals surface area contributed by atoms with Gasteiger partial charge in [0, 0.05) is 12.8 Å². The number of rotatable bonds is 11. The van der Waals surface area contributed by atoms with Gasteiger partial charge >= 0.3 is 0 Å². The number of methoxy groups -OCH3 is 1. The normalized spacial score (nSPS) is 12.3. The predicted molar refractivity (Wildman–Crippen MR) is 113 cm³/mol. The Labute approximate surface area is 176 Å². The van der Waals surface area contributed by atoms with E-state index in [4.69, 9.17) is 14.2 Å². The van der Waals surface area contributed by atoms with Gasteiger partial charge in [-0.3, -0.25) is 9.69 Å². The number of nitrogens with zero attached hydrogens (tertiary/aromatic N) is 1. The Balaban J connectivity index is 2.35. The van der Waals surface area contributed by atoms with E-state index in [1.807, 2.05) is 0 Å². The Morgan fingerprint density at radius 2 is 1.57 bits per heavy atom. The molecule has 1 N–H and O–H groups in total. The van der Waals surface area contributed by atoms with Gasteiger partial charge in [0.25, 0.3) is 5.91 Å². The predicted octanol–water partition coefficient (Wildman–Crippen LogP) is 2.35. The Bertz CT molecular complexity index is 907. The third-order valence-electron chi connectivity index (χ3n) is 4.18. The molecule has 2 aromatic carbocycles. The summed E-state index contributed by atoms with van der Waals surface area (Å²) in [5.74, 6) is -0.983. The van der Waals surface area contributed by atoms with E-state index >= 15 is 0 Å². The van der Waals surface area contributed by atoms with Crippen molar-refractivity contribution in [1.29, 1.82) is 0 Å². The van der Waals surface area contributed by atoms with Crippen LogP contribution in [0.3, 0.4) is 0 Å². The Kier molecular flexibility index (Phi) is 8.64. The van der Waals surface area contributed by atoms with Gasteiger partial charge in [-0.15, -0.1) is 0 Å². The third kappa shape index (κ3) is 5.71. The highest BCUT2D eigenvalue weighted by Gasteiger charge is 2.36. The van der Waals surface area contributed by atoms with Crippen LogP contribution in [0.1, 0.15) is 19.4 Å². The second kappa shape index (κ2) is 11.0. The number of para-hydroxylation sites is 1. The molecule has 0 fully saturated rings. The minimum Gasteiger partial charge on any atom is -0.493 e. The monoisotopic (exact) mass is 437 g/mol. The summed E-state index contributed by atoms with van der Waals surface area (Å²) < 4.78 is 42.0. The number of amides is 1. The van der Waals surface area contributed by atoms with E-state index in [9.17, 15) is 18.3 Å².